The van der Waals surface area contributed by atoms with Gasteiger partial charge < -0.3 is 15.2 Å². The molecule has 166 valence electrons. The monoisotopic (exact) mass is 460 g/mol. The summed E-state index contributed by atoms with van der Waals surface area (Å²) in [5.74, 6) is -0.369. The predicted octanol–water partition coefficient (Wildman–Crippen LogP) is 4.16. The smallest absolute Gasteiger partial charge is 0.405 e. The molecule has 0 unspecified atom stereocenters. The first-order valence-electron chi connectivity index (χ1n) is 9.67. The molecule has 0 bridgehead atoms. The Morgan fingerprint density at radius 3 is 2.47 bits per heavy atom. The molecule has 1 aromatic rings. The number of halogens is 2. The van der Waals surface area contributed by atoms with Crippen molar-refractivity contribution in [2.45, 2.75) is 74.3 Å². The Hall–Kier alpha value is -1.89. The third-order valence-corrected chi connectivity index (χ3v) is 7.82. The van der Waals surface area contributed by atoms with Gasteiger partial charge >= 0.3 is 6.09 Å². The number of hydrogen-bond acceptors (Lipinski definition) is 5. The zero-order valence-electron chi connectivity index (χ0n) is 17.1. The number of hydrogen-bond donors (Lipinski definition) is 2. The number of amides is 1. The number of nitrogens with one attached hydrogen (secondary N) is 1. The first kappa shape index (κ1) is 24.4. The van der Waals surface area contributed by atoms with E-state index in [4.69, 9.17) is 26.7 Å². The van der Waals surface area contributed by atoms with Gasteiger partial charge in [0.05, 0.1) is 33.4 Å². The van der Waals surface area contributed by atoms with Crippen molar-refractivity contribution < 1.29 is 27.4 Å². The Labute approximate surface area is 181 Å². The summed E-state index contributed by atoms with van der Waals surface area (Å²) in [4.78, 5) is 9.96. The van der Waals surface area contributed by atoms with Gasteiger partial charge in [-0.25, -0.2) is 17.6 Å². The van der Waals surface area contributed by atoms with Gasteiger partial charge in [-0.2, -0.15) is 5.26 Å². The minimum absolute atomic E-state index is 0.00737. The van der Waals surface area contributed by atoms with Crippen molar-refractivity contribution in [3.05, 3.63) is 29.0 Å². The average Bonchev–Trinajstić information content (AvgIpc) is 3.29. The summed E-state index contributed by atoms with van der Waals surface area (Å²) in [6, 6.07) is 5.30. The topological polar surface area (TPSA) is 116 Å². The van der Waals surface area contributed by atoms with E-state index in [2.05, 4.69) is 5.32 Å². The molecule has 1 amide bonds. The third kappa shape index (κ3) is 6.06. The number of ether oxygens (including phenoxy) is 1. The van der Waals surface area contributed by atoms with Gasteiger partial charge in [0.1, 0.15) is 11.4 Å². The summed E-state index contributed by atoms with van der Waals surface area (Å²) in [6.45, 7) is 5.87. The standard InChI is InChI=1S/C15H20ClFO3S.C5H6N2O2/c1-9(2)20-14-8-12(6-10(14)3)21(18,19)15-5-4-11(17)7-13(15)16;6-3-5(1-2-5)7-4(8)9/h4-5,7,9-10,12,14H,6,8H2,1-3H3;7H,1-2H2,(H,8,9)/t10-,12+,14-;/m1./s1. The summed E-state index contributed by atoms with van der Waals surface area (Å²) in [5.41, 5.74) is -0.730. The number of carbonyl (C=O) groups is 1. The van der Waals surface area contributed by atoms with Crippen LogP contribution in [0.3, 0.4) is 0 Å². The molecular weight excluding hydrogens is 435 g/mol. The second-order valence-corrected chi connectivity index (χ2v) is 10.6. The van der Waals surface area contributed by atoms with Crippen molar-refractivity contribution in [2.24, 2.45) is 5.92 Å². The van der Waals surface area contributed by atoms with Gasteiger partial charge in [-0.3, -0.25) is 0 Å². The van der Waals surface area contributed by atoms with Crippen molar-refractivity contribution in [1.82, 2.24) is 5.32 Å². The zero-order valence-corrected chi connectivity index (χ0v) is 18.6. The second-order valence-electron chi connectivity index (χ2n) is 8.04. The predicted molar refractivity (Wildman–Crippen MR) is 110 cm³/mol. The quantitative estimate of drug-likeness (QED) is 0.637. The lowest BCUT2D eigenvalue weighted by Crippen LogP contribution is -2.33. The minimum atomic E-state index is -3.57. The van der Waals surface area contributed by atoms with E-state index >= 15 is 0 Å². The molecule has 30 heavy (non-hydrogen) atoms. The van der Waals surface area contributed by atoms with E-state index in [1.54, 1.807) is 0 Å². The van der Waals surface area contributed by atoms with E-state index in [0.717, 1.165) is 12.1 Å². The van der Waals surface area contributed by atoms with E-state index in [1.807, 2.05) is 26.8 Å². The van der Waals surface area contributed by atoms with Crippen LogP contribution in [-0.4, -0.2) is 42.6 Å². The fourth-order valence-electron chi connectivity index (χ4n) is 3.43. The molecule has 10 heteroatoms. The largest absolute Gasteiger partial charge is 0.465 e. The fourth-order valence-corrected chi connectivity index (χ4v) is 5.86. The molecular formula is C20H26ClFN2O5S. The van der Waals surface area contributed by atoms with Gasteiger partial charge in [-0.1, -0.05) is 18.5 Å². The summed E-state index contributed by atoms with van der Waals surface area (Å²) < 4.78 is 44.2. The zero-order chi connectivity index (χ0) is 22.7. The van der Waals surface area contributed by atoms with E-state index in [0.29, 0.717) is 25.7 Å². The molecule has 2 aliphatic carbocycles. The lowest BCUT2D eigenvalue weighted by Gasteiger charge is -2.19. The van der Waals surface area contributed by atoms with Crippen molar-refractivity contribution >= 4 is 27.5 Å². The summed E-state index contributed by atoms with van der Waals surface area (Å²) in [5, 5.41) is 18.0. The highest BCUT2D eigenvalue weighted by Gasteiger charge is 2.44. The molecule has 2 aliphatic rings. The van der Waals surface area contributed by atoms with Crippen LogP contribution in [0.4, 0.5) is 9.18 Å². The van der Waals surface area contributed by atoms with E-state index in [1.165, 1.54) is 6.07 Å². The van der Waals surface area contributed by atoms with E-state index in [-0.39, 0.29) is 28.0 Å². The second kappa shape index (κ2) is 9.50. The van der Waals surface area contributed by atoms with Crippen LogP contribution in [0.25, 0.3) is 0 Å². The molecule has 0 aromatic heterocycles. The highest BCUT2D eigenvalue weighted by atomic mass is 35.5. The third-order valence-electron chi connectivity index (χ3n) is 5.16. The number of nitrogens with zero attached hydrogens (tertiary/aromatic N) is 1. The van der Waals surface area contributed by atoms with Gasteiger partial charge in [0.25, 0.3) is 0 Å². The Kier molecular flexibility index (Phi) is 7.72. The van der Waals surface area contributed by atoms with E-state index < -0.39 is 32.5 Å². The molecule has 1 aromatic carbocycles. The maximum Gasteiger partial charge on any atom is 0.405 e. The number of nitriles is 1. The number of benzene rings is 1. The summed E-state index contributed by atoms with van der Waals surface area (Å²) in [7, 11) is -3.57. The first-order chi connectivity index (χ1) is 13.9. The molecule has 0 radical (unpaired) electrons. The molecule has 2 saturated carbocycles. The van der Waals surface area contributed by atoms with Crippen LogP contribution in [0.15, 0.2) is 23.1 Å². The van der Waals surface area contributed by atoms with Crippen LogP contribution in [0, 0.1) is 23.1 Å². The maximum absolute atomic E-state index is 13.1. The molecule has 3 atom stereocenters. The average molecular weight is 461 g/mol. The summed E-state index contributed by atoms with van der Waals surface area (Å²) >= 11 is 5.90. The molecule has 3 rings (SSSR count). The summed E-state index contributed by atoms with van der Waals surface area (Å²) in [6.07, 6.45) is 1.17. The number of carboxylic acid groups (broad SMARTS) is 1. The van der Waals surface area contributed by atoms with Gasteiger partial charge in [0.15, 0.2) is 9.84 Å². The van der Waals surface area contributed by atoms with Crippen molar-refractivity contribution in [1.29, 1.82) is 5.26 Å². The normalized spacial score (nSPS) is 24.5. The van der Waals surface area contributed by atoms with Crippen LogP contribution >= 0.6 is 11.6 Å². The maximum atomic E-state index is 13.1. The highest BCUT2D eigenvalue weighted by Crippen LogP contribution is 2.38. The Bertz CT molecular complexity index is 928. The van der Waals surface area contributed by atoms with Crippen molar-refractivity contribution in [3.8, 4) is 6.07 Å². The molecule has 0 heterocycles. The first-order valence-corrected chi connectivity index (χ1v) is 11.6. The minimum Gasteiger partial charge on any atom is -0.465 e. The van der Waals surface area contributed by atoms with Crippen LogP contribution < -0.4 is 5.32 Å². The van der Waals surface area contributed by atoms with Crippen molar-refractivity contribution in [2.75, 3.05) is 0 Å². The van der Waals surface area contributed by atoms with Gasteiger partial charge in [0.2, 0.25) is 0 Å². The lowest BCUT2D eigenvalue weighted by atomic mass is 10.1. The lowest BCUT2D eigenvalue weighted by molar-refractivity contribution is -0.00901. The Morgan fingerprint density at radius 1 is 1.40 bits per heavy atom. The van der Waals surface area contributed by atoms with Crippen molar-refractivity contribution in [3.63, 3.8) is 0 Å². The Morgan fingerprint density at radius 2 is 2.03 bits per heavy atom. The molecule has 2 fully saturated rings. The molecule has 7 nitrogen and oxygen atoms in total. The van der Waals surface area contributed by atoms with Gasteiger partial charge in [-0.05, 0) is 63.6 Å². The van der Waals surface area contributed by atoms with Crippen LogP contribution in [0.5, 0.6) is 0 Å². The Balaban J connectivity index is 0.000000297. The van der Waals surface area contributed by atoms with Gasteiger partial charge in [0, 0.05) is 0 Å². The number of sulfone groups is 1. The molecule has 0 saturated heterocycles. The molecule has 0 aliphatic heterocycles. The van der Waals surface area contributed by atoms with Crippen LogP contribution in [-0.2, 0) is 14.6 Å². The SMILES string of the molecule is CC(C)O[C@@H]1C[C@@H](S(=O)(=O)c2ccc(F)cc2Cl)C[C@H]1C.N#CC1(NC(=O)O)CC1. The molecule has 2 N–H and O–H groups in total. The highest BCUT2D eigenvalue weighted by molar-refractivity contribution is 7.92. The molecule has 0 spiro atoms. The number of rotatable bonds is 5. The van der Waals surface area contributed by atoms with Crippen LogP contribution in [0.2, 0.25) is 5.02 Å². The van der Waals surface area contributed by atoms with Crippen LogP contribution in [0.1, 0.15) is 46.5 Å². The van der Waals surface area contributed by atoms with E-state index in [9.17, 15) is 17.6 Å². The fraction of sp³-hybridized carbons (Fsp3) is 0.600. The van der Waals surface area contributed by atoms with Gasteiger partial charge in [-0.15, -0.1) is 0 Å².